The van der Waals surface area contributed by atoms with E-state index >= 15 is 0 Å². The molecule has 1 saturated heterocycles. The predicted molar refractivity (Wildman–Crippen MR) is 75.6 cm³/mol. The van der Waals surface area contributed by atoms with E-state index in [4.69, 9.17) is 0 Å². The Bertz CT molecular complexity index is 371. The van der Waals surface area contributed by atoms with Crippen molar-refractivity contribution in [2.45, 2.75) is 48.1 Å². The lowest BCUT2D eigenvalue weighted by molar-refractivity contribution is 0.124. The molecule has 1 aromatic heterocycles. The second kappa shape index (κ2) is 5.31. The summed E-state index contributed by atoms with van der Waals surface area (Å²) in [5.41, 5.74) is 5.29. The molecule has 0 aliphatic carbocycles. The number of hydrazine groups is 1. The maximum atomic E-state index is 3.76. The van der Waals surface area contributed by atoms with E-state index in [1.165, 1.54) is 48.5 Å². The molecule has 2 aliphatic rings. The summed E-state index contributed by atoms with van der Waals surface area (Å²) in [6.45, 7) is 4.78. The molecule has 0 radical (unpaired) electrons. The van der Waals surface area contributed by atoms with Crippen LogP contribution >= 0.6 is 23.1 Å². The standard InChI is InChI=1S/C13H20N2S2/c1-10-9-12(11-5-8-16-13(11)17-10)14-15-6-3-2-4-7-15/h5,8,10,12,14H,2-4,6-7,9H2,1H3/t10-,12?/m0/s1. The Morgan fingerprint density at radius 3 is 2.94 bits per heavy atom. The Morgan fingerprint density at radius 1 is 1.29 bits per heavy atom. The summed E-state index contributed by atoms with van der Waals surface area (Å²) in [5, 5.41) is 5.42. The Hall–Kier alpha value is -0.0300. The van der Waals surface area contributed by atoms with Gasteiger partial charge in [-0.3, -0.25) is 0 Å². The van der Waals surface area contributed by atoms with E-state index in [2.05, 4.69) is 28.8 Å². The molecule has 0 aromatic carbocycles. The molecule has 0 bridgehead atoms. The molecular formula is C13H20N2S2. The number of hydrogen-bond donors (Lipinski definition) is 1. The second-order valence-electron chi connectivity index (χ2n) is 5.06. The van der Waals surface area contributed by atoms with Crippen LogP contribution in [0.2, 0.25) is 0 Å². The third kappa shape index (κ3) is 2.70. The highest BCUT2D eigenvalue weighted by Crippen LogP contribution is 2.43. The van der Waals surface area contributed by atoms with Gasteiger partial charge in [-0.25, -0.2) is 10.4 Å². The Morgan fingerprint density at radius 2 is 2.12 bits per heavy atom. The van der Waals surface area contributed by atoms with E-state index in [0.717, 1.165) is 5.25 Å². The fourth-order valence-electron chi connectivity index (χ4n) is 2.71. The summed E-state index contributed by atoms with van der Waals surface area (Å²) in [5.74, 6) is 0. The van der Waals surface area contributed by atoms with Crippen LogP contribution in [0.25, 0.3) is 0 Å². The summed E-state index contributed by atoms with van der Waals surface area (Å²) in [7, 11) is 0. The van der Waals surface area contributed by atoms with E-state index in [9.17, 15) is 0 Å². The highest BCUT2D eigenvalue weighted by atomic mass is 32.2. The number of piperidine rings is 1. The summed E-state index contributed by atoms with van der Waals surface area (Å²) in [6, 6.07) is 2.85. The normalized spacial score (nSPS) is 30.2. The average Bonchev–Trinajstić information content (AvgIpc) is 2.78. The highest BCUT2D eigenvalue weighted by molar-refractivity contribution is 8.01. The van der Waals surface area contributed by atoms with Crippen LogP contribution in [0.5, 0.6) is 0 Å². The SMILES string of the molecule is C[C@H]1CC(NN2CCCCC2)c2ccsc2S1. The molecule has 4 heteroatoms. The third-order valence-corrected chi connectivity index (χ3v) is 5.95. The van der Waals surface area contributed by atoms with Gasteiger partial charge in [-0.2, -0.15) is 0 Å². The summed E-state index contributed by atoms with van der Waals surface area (Å²) in [4.78, 5) is 0. The molecule has 94 valence electrons. The maximum Gasteiger partial charge on any atom is 0.0649 e. The smallest absolute Gasteiger partial charge is 0.0649 e. The van der Waals surface area contributed by atoms with Crippen LogP contribution in [0.15, 0.2) is 15.7 Å². The number of thiophene rings is 1. The number of rotatable bonds is 2. The molecule has 1 N–H and O–H groups in total. The van der Waals surface area contributed by atoms with E-state index in [-0.39, 0.29) is 0 Å². The van der Waals surface area contributed by atoms with Gasteiger partial charge in [0.2, 0.25) is 0 Å². The van der Waals surface area contributed by atoms with Crippen molar-refractivity contribution in [3.63, 3.8) is 0 Å². The monoisotopic (exact) mass is 268 g/mol. The minimum Gasteiger partial charge on any atom is -0.248 e. The first-order valence-electron chi connectivity index (χ1n) is 6.58. The Balaban J connectivity index is 1.70. The fraction of sp³-hybridized carbons (Fsp3) is 0.692. The number of thioether (sulfide) groups is 1. The van der Waals surface area contributed by atoms with Gasteiger partial charge in [-0.05, 0) is 36.3 Å². The van der Waals surface area contributed by atoms with Gasteiger partial charge in [0.25, 0.3) is 0 Å². The Kier molecular flexibility index (Phi) is 3.75. The lowest BCUT2D eigenvalue weighted by atomic mass is 10.1. The zero-order valence-corrected chi connectivity index (χ0v) is 11.9. The molecule has 17 heavy (non-hydrogen) atoms. The molecule has 0 spiro atoms. The fourth-order valence-corrected chi connectivity index (χ4v) is 5.28. The van der Waals surface area contributed by atoms with Crippen molar-refractivity contribution in [2.24, 2.45) is 0 Å². The zero-order valence-electron chi connectivity index (χ0n) is 10.3. The van der Waals surface area contributed by atoms with E-state index in [1.807, 2.05) is 23.1 Å². The molecule has 2 aliphatic heterocycles. The number of nitrogens with zero attached hydrogens (tertiary/aromatic N) is 1. The first kappa shape index (κ1) is 12.0. The van der Waals surface area contributed by atoms with Crippen molar-refractivity contribution in [3.8, 4) is 0 Å². The van der Waals surface area contributed by atoms with Crippen LogP contribution in [0.4, 0.5) is 0 Å². The average molecular weight is 268 g/mol. The van der Waals surface area contributed by atoms with Crippen molar-refractivity contribution < 1.29 is 0 Å². The van der Waals surface area contributed by atoms with Crippen molar-refractivity contribution in [2.75, 3.05) is 13.1 Å². The van der Waals surface area contributed by atoms with Gasteiger partial charge in [0.1, 0.15) is 0 Å². The van der Waals surface area contributed by atoms with Crippen molar-refractivity contribution in [1.29, 1.82) is 0 Å². The molecule has 1 fully saturated rings. The van der Waals surface area contributed by atoms with Crippen molar-refractivity contribution >= 4 is 23.1 Å². The lowest BCUT2D eigenvalue weighted by Gasteiger charge is -2.35. The first-order chi connectivity index (χ1) is 8.33. The maximum absolute atomic E-state index is 3.76. The molecular weight excluding hydrogens is 248 g/mol. The molecule has 2 atom stereocenters. The van der Waals surface area contributed by atoms with Crippen molar-refractivity contribution in [3.05, 3.63) is 17.0 Å². The first-order valence-corrected chi connectivity index (χ1v) is 8.34. The number of nitrogens with one attached hydrogen (secondary N) is 1. The minimum atomic E-state index is 0.547. The number of fused-ring (bicyclic) bond motifs is 1. The van der Waals surface area contributed by atoms with Crippen molar-refractivity contribution in [1.82, 2.24) is 10.4 Å². The quantitative estimate of drug-likeness (QED) is 0.881. The lowest BCUT2D eigenvalue weighted by Crippen LogP contribution is -2.44. The van der Waals surface area contributed by atoms with Crippen LogP contribution in [-0.2, 0) is 0 Å². The number of hydrogen-bond acceptors (Lipinski definition) is 4. The zero-order chi connectivity index (χ0) is 11.7. The minimum absolute atomic E-state index is 0.547. The van der Waals surface area contributed by atoms with Gasteiger partial charge in [0.15, 0.2) is 0 Å². The summed E-state index contributed by atoms with van der Waals surface area (Å²) in [6.07, 6.45) is 5.35. The molecule has 3 rings (SSSR count). The third-order valence-electron chi connectivity index (χ3n) is 3.60. The van der Waals surface area contributed by atoms with E-state index in [1.54, 1.807) is 0 Å². The molecule has 1 unspecified atom stereocenters. The Labute approximate surface area is 112 Å². The predicted octanol–water partition coefficient (Wildman–Crippen LogP) is 3.66. The van der Waals surface area contributed by atoms with Crippen LogP contribution in [0, 0.1) is 0 Å². The van der Waals surface area contributed by atoms with Crippen LogP contribution < -0.4 is 5.43 Å². The largest absolute Gasteiger partial charge is 0.248 e. The van der Waals surface area contributed by atoms with E-state index < -0.39 is 0 Å². The molecule has 0 amide bonds. The van der Waals surface area contributed by atoms with Gasteiger partial charge >= 0.3 is 0 Å². The highest BCUT2D eigenvalue weighted by Gasteiger charge is 2.27. The van der Waals surface area contributed by atoms with Gasteiger partial charge in [0.05, 0.1) is 4.21 Å². The van der Waals surface area contributed by atoms with E-state index in [0.29, 0.717) is 6.04 Å². The topological polar surface area (TPSA) is 15.3 Å². The van der Waals surface area contributed by atoms with Crippen LogP contribution in [0.1, 0.15) is 44.2 Å². The molecule has 3 heterocycles. The van der Waals surface area contributed by atoms with Gasteiger partial charge in [-0.15, -0.1) is 23.1 Å². The second-order valence-corrected chi connectivity index (χ2v) is 7.68. The van der Waals surface area contributed by atoms with Gasteiger partial charge < -0.3 is 0 Å². The molecule has 2 nitrogen and oxygen atoms in total. The molecule has 1 aromatic rings. The van der Waals surface area contributed by atoms with Gasteiger partial charge in [0, 0.05) is 24.4 Å². The van der Waals surface area contributed by atoms with Crippen LogP contribution in [-0.4, -0.2) is 23.3 Å². The molecule has 0 saturated carbocycles. The summed E-state index contributed by atoms with van der Waals surface area (Å²) < 4.78 is 1.53. The summed E-state index contributed by atoms with van der Waals surface area (Å²) >= 11 is 3.94. The van der Waals surface area contributed by atoms with Crippen LogP contribution in [0.3, 0.4) is 0 Å². The van der Waals surface area contributed by atoms with Gasteiger partial charge in [-0.1, -0.05) is 13.3 Å².